The molecule has 1 rings (SSSR count). The summed E-state index contributed by atoms with van der Waals surface area (Å²) in [5, 5.41) is 0. The minimum atomic E-state index is 0.0945. The largest absolute Gasteiger partial charge is 0.340 e. The Morgan fingerprint density at radius 3 is 3.17 bits per heavy atom. The van der Waals surface area contributed by atoms with Crippen molar-refractivity contribution in [1.82, 2.24) is 4.90 Å². The van der Waals surface area contributed by atoms with Gasteiger partial charge in [0.25, 0.3) is 0 Å². The highest BCUT2D eigenvalue weighted by molar-refractivity contribution is 7.99. The van der Waals surface area contributed by atoms with Gasteiger partial charge >= 0.3 is 0 Å². The monoisotopic (exact) mass is 188 g/mol. The summed E-state index contributed by atoms with van der Waals surface area (Å²) in [6.07, 6.45) is 1.10. The number of rotatable bonds is 2. The molecule has 1 aliphatic rings. The normalized spacial score (nSPS) is 22.2. The molecule has 0 saturated carbocycles. The van der Waals surface area contributed by atoms with Crippen molar-refractivity contribution < 1.29 is 4.79 Å². The summed E-state index contributed by atoms with van der Waals surface area (Å²) < 4.78 is 0. The van der Waals surface area contributed by atoms with Crippen LogP contribution in [0.3, 0.4) is 0 Å². The summed E-state index contributed by atoms with van der Waals surface area (Å²) in [6, 6.07) is 0.0945. The highest BCUT2D eigenvalue weighted by Gasteiger charge is 2.17. The lowest BCUT2D eigenvalue weighted by molar-refractivity contribution is -0.128. The first kappa shape index (κ1) is 9.86. The van der Waals surface area contributed by atoms with Gasteiger partial charge in [0, 0.05) is 19.1 Å². The van der Waals surface area contributed by atoms with E-state index in [1.807, 2.05) is 11.8 Å². The molecule has 0 aromatic heterocycles. The Morgan fingerprint density at radius 1 is 1.75 bits per heavy atom. The van der Waals surface area contributed by atoms with Gasteiger partial charge < -0.3 is 10.6 Å². The number of nitrogens with zero attached hydrogens (tertiary/aromatic N) is 1. The predicted octanol–water partition coefficient (Wildman–Crippen LogP) is 0.299. The lowest BCUT2D eigenvalue weighted by Crippen LogP contribution is -2.40. The third kappa shape index (κ3) is 3.03. The summed E-state index contributed by atoms with van der Waals surface area (Å²) in [5.74, 6) is 1.98. The molecular weight excluding hydrogens is 172 g/mol. The summed E-state index contributed by atoms with van der Waals surface area (Å²) in [4.78, 5) is 13.3. The zero-order valence-electron chi connectivity index (χ0n) is 7.45. The van der Waals surface area contributed by atoms with Crippen molar-refractivity contribution in [2.24, 2.45) is 5.73 Å². The van der Waals surface area contributed by atoms with Gasteiger partial charge in [-0.25, -0.2) is 0 Å². The Balaban J connectivity index is 2.42. The Hall–Kier alpha value is -0.220. The average molecular weight is 188 g/mol. The number of hydrogen-bond acceptors (Lipinski definition) is 3. The Morgan fingerprint density at radius 2 is 2.50 bits per heavy atom. The van der Waals surface area contributed by atoms with Gasteiger partial charge in [-0.3, -0.25) is 4.79 Å². The SMILES string of the molecule is CC(N)CN1CCCSCC1=O. The Labute approximate surface area is 77.7 Å². The fraction of sp³-hybridized carbons (Fsp3) is 0.875. The van der Waals surface area contributed by atoms with E-state index >= 15 is 0 Å². The molecule has 0 radical (unpaired) electrons. The van der Waals surface area contributed by atoms with Crippen molar-refractivity contribution in [2.45, 2.75) is 19.4 Å². The quantitative estimate of drug-likeness (QED) is 0.678. The molecule has 2 N–H and O–H groups in total. The molecule has 1 aliphatic heterocycles. The van der Waals surface area contributed by atoms with Crippen molar-refractivity contribution in [1.29, 1.82) is 0 Å². The van der Waals surface area contributed by atoms with E-state index in [1.165, 1.54) is 0 Å². The van der Waals surface area contributed by atoms with Crippen LogP contribution in [0.1, 0.15) is 13.3 Å². The van der Waals surface area contributed by atoms with Gasteiger partial charge in [0.2, 0.25) is 5.91 Å². The second-order valence-electron chi connectivity index (χ2n) is 3.22. The molecule has 1 saturated heterocycles. The highest BCUT2D eigenvalue weighted by Crippen LogP contribution is 2.10. The van der Waals surface area contributed by atoms with E-state index in [-0.39, 0.29) is 11.9 Å². The molecule has 1 atom stereocenters. The number of carbonyl (C=O) groups is 1. The third-order valence-electron chi connectivity index (χ3n) is 1.80. The summed E-state index contributed by atoms with van der Waals surface area (Å²) >= 11 is 1.72. The zero-order valence-corrected chi connectivity index (χ0v) is 8.27. The minimum Gasteiger partial charge on any atom is -0.340 e. The standard InChI is InChI=1S/C8H16N2OS/c1-7(9)5-10-3-2-4-12-6-8(10)11/h7H,2-6,9H2,1H3. The number of hydrogen-bond donors (Lipinski definition) is 1. The van der Waals surface area contributed by atoms with Crippen LogP contribution in [0.5, 0.6) is 0 Å². The second kappa shape index (κ2) is 4.72. The van der Waals surface area contributed by atoms with Crippen LogP contribution >= 0.6 is 11.8 Å². The first-order valence-electron chi connectivity index (χ1n) is 4.31. The Bertz CT molecular complexity index is 161. The molecule has 4 heteroatoms. The van der Waals surface area contributed by atoms with Crippen LogP contribution in [0.25, 0.3) is 0 Å². The molecular formula is C8H16N2OS. The van der Waals surface area contributed by atoms with E-state index in [2.05, 4.69) is 0 Å². The highest BCUT2D eigenvalue weighted by atomic mass is 32.2. The summed E-state index contributed by atoms with van der Waals surface area (Å²) in [6.45, 7) is 3.53. The fourth-order valence-electron chi connectivity index (χ4n) is 1.27. The van der Waals surface area contributed by atoms with Gasteiger partial charge in [-0.2, -0.15) is 11.8 Å². The molecule has 0 aromatic carbocycles. The molecule has 1 amide bonds. The van der Waals surface area contributed by atoms with Crippen molar-refractivity contribution in [2.75, 3.05) is 24.6 Å². The Kier molecular flexibility index (Phi) is 3.88. The van der Waals surface area contributed by atoms with E-state index in [1.54, 1.807) is 11.8 Å². The van der Waals surface area contributed by atoms with Crippen molar-refractivity contribution >= 4 is 17.7 Å². The van der Waals surface area contributed by atoms with Crippen LogP contribution in [-0.2, 0) is 4.79 Å². The molecule has 12 heavy (non-hydrogen) atoms. The van der Waals surface area contributed by atoms with Crippen molar-refractivity contribution in [3.8, 4) is 0 Å². The first-order valence-corrected chi connectivity index (χ1v) is 5.46. The van der Waals surface area contributed by atoms with Crippen LogP contribution in [0.4, 0.5) is 0 Å². The van der Waals surface area contributed by atoms with Crippen LogP contribution < -0.4 is 5.73 Å². The molecule has 3 nitrogen and oxygen atoms in total. The van der Waals surface area contributed by atoms with Gasteiger partial charge in [0.1, 0.15) is 0 Å². The van der Waals surface area contributed by atoms with Gasteiger partial charge in [0.15, 0.2) is 0 Å². The maximum Gasteiger partial charge on any atom is 0.232 e. The zero-order chi connectivity index (χ0) is 8.97. The molecule has 0 aliphatic carbocycles. The van der Waals surface area contributed by atoms with Crippen molar-refractivity contribution in [3.05, 3.63) is 0 Å². The predicted molar refractivity (Wildman–Crippen MR) is 52.2 cm³/mol. The molecule has 0 aromatic rings. The first-order chi connectivity index (χ1) is 5.70. The van der Waals surface area contributed by atoms with E-state index in [4.69, 9.17) is 5.73 Å². The van der Waals surface area contributed by atoms with Crippen LogP contribution in [0, 0.1) is 0 Å². The van der Waals surface area contributed by atoms with Gasteiger partial charge in [-0.1, -0.05) is 0 Å². The average Bonchev–Trinajstić information content (AvgIpc) is 2.16. The molecule has 1 fully saturated rings. The lowest BCUT2D eigenvalue weighted by Gasteiger charge is -2.21. The maximum atomic E-state index is 11.4. The summed E-state index contributed by atoms with van der Waals surface area (Å²) in [5.41, 5.74) is 5.64. The van der Waals surface area contributed by atoms with E-state index in [0.717, 1.165) is 18.7 Å². The molecule has 70 valence electrons. The van der Waals surface area contributed by atoms with Gasteiger partial charge in [-0.05, 0) is 19.1 Å². The fourth-order valence-corrected chi connectivity index (χ4v) is 2.11. The third-order valence-corrected chi connectivity index (χ3v) is 2.83. The number of amides is 1. The van der Waals surface area contributed by atoms with E-state index in [0.29, 0.717) is 12.3 Å². The number of nitrogens with two attached hydrogens (primary N) is 1. The van der Waals surface area contributed by atoms with Gasteiger partial charge in [0.05, 0.1) is 5.75 Å². The maximum absolute atomic E-state index is 11.4. The summed E-state index contributed by atoms with van der Waals surface area (Å²) in [7, 11) is 0. The van der Waals surface area contributed by atoms with Crippen molar-refractivity contribution in [3.63, 3.8) is 0 Å². The lowest BCUT2D eigenvalue weighted by atomic mass is 10.3. The van der Waals surface area contributed by atoms with Gasteiger partial charge in [-0.15, -0.1) is 0 Å². The van der Waals surface area contributed by atoms with Crippen LogP contribution in [0.2, 0.25) is 0 Å². The number of thioether (sulfide) groups is 1. The van der Waals surface area contributed by atoms with Crippen LogP contribution in [0.15, 0.2) is 0 Å². The van der Waals surface area contributed by atoms with E-state index in [9.17, 15) is 4.79 Å². The van der Waals surface area contributed by atoms with Crippen LogP contribution in [-0.4, -0.2) is 41.4 Å². The molecule has 0 bridgehead atoms. The topological polar surface area (TPSA) is 46.3 Å². The molecule has 1 unspecified atom stereocenters. The molecule has 1 heterocycles. The second-order valence-corrected chi connectivity index (χ2v) is 4.33. The smallest absolute Gasteiger partial charge is 0.232 e. The minimum absolute atomic E-state index is 0.0945. The number of carbonyl (C=O) groups excluding carboxylic acids is 1. The van der Waals surface area contributed by atoms with E-state index < -0.39 is 0 Å². The molecule has 0 spiro atoms.